The molecule has 1 aliphatic rings. The maximum atomic E-state index is 12.1. The van der Waals surface area contributed by atoms with E-state index in [2.05, 4.69) is 0 Å². The number of nitrogens with zero attached hydrogens (tertiary/aromatic N) is 1. The van der Waals surface area contributed by atoms with E-state index in [1.807, 2.05) is 0 Å². The summed E-state index contributed by atoms with van der Waals surface area (Å²) in [5.74, 6) is -1.56. The van der Waals surface area contributed by atoms with Crippen molar-refractivity contribution in [3.8, 4) is 0 Å². The molecule has 1 aromatic rings. The van der Waals surface area contributed by atoms with Crippen molar-refractivity contribution in [2.75, 3.05) is 19.8 Å². The minimum absolute atomic E-state index is 0.0173. The fourth-order valence-corrected chi connectivity index (χ4v) is 1.85. The maximum absolute atomic E-state index is 12.1. The molecule has 1 aliphatic heterocycles. The molecule has 1 aromatic heterocycles. The lowest BCUT2D eigenvalue weighted by atomic mass is 10.2. The minimum atomic E-state index is -1.10. The first-order chi connectivity index (χ1) is 8.11. The lowest BCUT2D eigenvalue weighted by molar-refractivity contribution is -0.147. The first kappa shape index (κ1) is 11.9. The van der Waals surface area contributed by atoms with Gasteiger partial charge in [0.1, 0.15) is 0 Å². The highest BCUT2D eigenvalue weighted by atomic mass is 35.5. The Morgan fingerprint density at radius 1 is 1.53 bits per heavy atom. The molecule has 1 unspecified atom stereocenters. The van der Waals surface area contributed by atoms with Gasteiger partial charge in [0.2, 0.25) is 5.22 Å². The first-order valence-electron chi connectivity index (χ1n) is 4.95. The van der Waals surface area contributed by atoms with Gasteiger partial charge in [0.05, 0.1) is 25.0 Å². The van der Waals surface area contributed by atoms with Crippen molar-refractivity contribution in [3.63, 3.8) is 0 Å². The predicted octanol–water partition coefficient (Wildman–Crippen LogP) is 0.859. The summed E-state index contributed by atoms with van der Waals surface area (Å²) in [6, 6.07) is 0.432. The monoisotopic (exact) mass is 259 g/mol. The van der Waals surface area contributed by atoms with E-state index in [4.69, 9.17) is 25.9 Å². The molecular formula is C10H10ClNO5. The van der Waals surface area contributed by atoms with E-state index < -0.39 is 17.9 Å². The summed E-state index contributed by atoms with van der Waals surface area (Å²) in [5, 5.41) is 8.96. The third-order valence-electron chi connectivity index (χ3n) is 2.52. The van der Waals surface area contributed by atoms with Gasteiger partial charge in [-0.1, -0.05) is 0 Å². The van der Waals surface area contributed by atoms with Crippen molar-refractivity contribution in [1.82, 2.24) is 4.90 Å². The normalized spacial score (nSPS) is 20.3. The van der Waals surface area contributed by atoms with Crippen LogP contribution in [0.15, 0.2) is 16.7 Å². The summed E-state index contributed by atoms with van der Waals surface area (Å²) in [5.41, 5.74) is 0.166. The van der Waals surface area contributed by atoms with Gasteiger partial charge in [0.15, 0.2) is 6.04 Å². The van der Waals surface area contributed by atoms with E-state index in [0.717, 1.165) is 0 Å². The fraction of sp³-hybridized carbons (Fsp3) is 0.400. The molecule has 2 heterocycles. The van der Waals surface area contributed by atoms with Crippen molar-refractivity contribution < 1.29 is 23.8 Å². The van der Waals surface area contributed by atoms with Crippen LogP contribution in [0.2, 0.25) is 5.22 Å². The van der Waals surface area contributed by atoms with E-state index in [-0.39, 0.29) is 23.9 Å². The lowest BCUT2D eigenvalue weighted by Gasteiger charge is -2.32. The number of morpholine rings is 1. The average Bonchev–Trinajstić information content (AvgIpc) is 2.74. The Bertz CT molecular complexity index is 444. The van der Waals surface area contributed by atoms with Gasteiger partial charge in [0.25, 0.3) is 5.91 Å². The third-order valence-corrected chi connectivity index (χ3v) is 2.82. The number of aliphatic carboxylic acids is 1. The molecule has 7 heteroatoms. The molecular weight excluding hydrogens is 250 g/mol. The Balaban J connectivity index is 2.23. The molecule has 1 atom stereocenters. The van der Waals surface area contributed by atoms with Crippen LogP contribution >= 0.6 is 11.6 Å². The van der Waals surface area contributed by atoms with Crippen LogP contribution in [0.1, 0.15) is 10.4 Å². The number of ether oxygens (including phenoxy) is 1. The van der Waals surface area contributed by atoms with Gasteiger partial charge in [-0.25, -0.2) is 4.79 Å². The van der Waals surface area contributed by atoms with Crippen LogP contribution < -0.4 is 0 Å². The summed E-state index contributed by atoms with van der Waals surface area (Å²) >= 11 is 5.69. The molecule has 0 aromatic carbocycles. The lowest BCUT2D eigenvalue weighted by Crippen LogP contribution is -2.52. The smallest absolute Gasteiger partial charge is 0.328 e. The average molecular weight is 260 g/mol. The minimum Gasteiger partial charge on any atom is -0.480 e. The quantitative estimate of drug-likeness (QED) is 0.852. The SMILES string of the molecule is O=C(O)C1COCCN1C(=O)c1ccoc1Cl. The molecule has 92 valence electrons. The summed E-state index contributed by atoms with van der Waals surface area (Å²) in [4.78, 5) is 24.3. The number of hydrogen-bond donors (Lipinski definition) is 1. The molecule has 0 aliphatic carbocycles. The topological polar surface area (TPSA) is 80.0 Å². The summed E-state index contributed by atoms with van der Waals surface area (Å²) in [6.07, 6.45) is 1.28. The summed E-state index contributed by atoms with van der Waals surface area (Å²) in [6.45, 7) is 0.513. The Labute approximate surface area is 102 Å². The number of rotatable bonds is 2. The highest BCUT2D eigenvalue weighted by Crippen LogP contribution is 2.21. The van der Waals surface area contributed by atoms with Crippen LogP contribution in [0.3, 0.4) is 0 Å². The molecule has 0 radical (unpaired) electrons. The van der Waals surface area contributed by atoms with E-state index in [1.54, 1.807) is 0 Å². The fourth-order valence-electron chi connectivity index (χ4n) is 1.65. The van der Waals surface area contributed by atoms with E-state index in [9.17, 15) is 9.59 Å². The van der Waals surface area contributed by atoms with Crippen LogP contribution in [0, 0.1) is 0 Å². The van der Waals surface area contributed by atoms with Crippen LogP contribution in [-0.4, -0.2) is 47.7 Å². The van der Waals surface area contributed by atoms with Crippen LogP contribution in [-0.2, 0) is 9.53 Å². The third kappa shape index (κ3) is 2.27. The number of hydrogen-bond acceptors (Lipinski definition) is 4. The first-order valence-corrected chi connectivity index (χ1v) is 5.33. The number of halogens is 1. The van der Waals surface area contributed by atoms with Gasteiger partial charge >= 0.3 is 5.97 Å². The highest BCUT2D eigenvalue weighted by Gasteiger charge is 2.34. The number of carboxylic acids is 1. The van der Waals surface area contributed by atoms with Crippen molar-refractivity contribution in [3.05, 3.63) is 23.1 Å². The van der Waals surface area contributed by atoms with Crippen LogP contribution in [0.5, 0.6) is 0 Å². The zero-order valence-corrected chi connectivity index (χ0v) is 9.51. The van der Waals surface area contributed by atoms with Crippen molar-refractivity contribution in [1.29, 1.82) is 0 Å². The number of carboxylic acid groups (broad SMARTS) is 1. The molecule has 1 saturated heterocycles. The molecule has 1 fully saturated rings. The van der Waals surface area contributed by atoms with Crippen molar-refractivity contribution in [2.24, 2.45) is 0 Å². The number of furan rings is 1. The molecule has 0 bridgehead atoms. The Morgan fingerprint density at radius 2 is 2.29 bits per heavy atom. The second-order valence-electron chi connectivity index (χ2n) is 3.54. The van der Waals surface area contributed by atoms with Gasteiger partial charge < -0.3 is 19.2 Å². The molecule has 0 saturated carbocycles. The number of carbonyl (C=O) groups excluding carboxylic acids is 1. The molecule has 0 spiro atoms. The molecule has 1 N–H and O–H groups in total. The molecule has 2 rings (SSSR count). The van der Waals surface area contributed by atoms with Crippen LogP contribution in [0.4, 0.5) is 0 Å². The highest BCUT2D eigenvalue weighted by molar-refractivity contribution is 6.32. The van der Waals surface area contributed by atoms with Crippen LogP contribution in [0.25, 0.3) is 0 Å². The summed E-state index contributed by atoms with van der Waals surface area (Å²) in [7, 11) is 0. The Morgan fingerprint density at radius 3 is 2.88 bits per heavy atom. The van der Waals surface area contributed by atoms with E-state index in [1.165, 1.54) is 17.2 Å². The number of amides is 1. The van der Waals surface area contributed by atoms with Crippen molar-refractivity contribution in [2.45, 2.75) is 6.04 Å². The Kier molecular flexibility index (Phi) is 3.35. The maximum Gasteiger partial charge on any atom is 0.328 e. The standard InChI is InChI=1S/C10H10ClNO5/c11-8-6(1-3-17-8)9(13)12-2-4-16-5-7(12)10(14)15/h1,3,7H,2,4-5H2,(H,14,15). The summed E-state index contributed by atoms with van der Waals surface area (Å²) < 4.78 is 9.85. The molecule has 6 nitrogen and oxygen atoms in total. The zero-order valence-electron chi connectivity index (χ0n) is 8.76. The molecule has 1 amide bonds. The van der Waals surface area contributed by atoms with Gasteiger partial charge in [-0.05, 0) is 17.7 Å². The second kappa shape index (κ2) is 4.77. The van der Waals surface area contributed by atoms with E-state index in [0.29, 0.717) is 6.61 Å². The predicted molar refractivity (Wildman–Crippen MR) is 57.0 cm³/mol. The van der Waals surface area contributed by atoms with Gasteiger partial charge in [-0.15, -0.1) is 0 Å². The zero-order chi connectivity index (χ0) is 12.4. The van der Waals surface area contributed by atoms with Gasteiger partial charge in [-0.3, -0.25) is 4.79 Å². The van der Waals surface area contributed by atoms with Gasteiger partial charge in [-0.2, -0.15) is 0 Å². The largest absolute Gasteiger partial charge is 0.480 e. The number of carbonyl (C=O) groups is 2. The Hall–Kier alpha value is -1.53. The van der Waals surface area contributed by atoms with Gasteiger partial charge in [0, 0.05) is 6.54 Å². The van der Waals surface area contributed by atoms with E-state index >= 15 is 0 Å². The van der Waals surface area contributed by atoms with Crippen molar-refractivity contribution >= 4 is 23.5 Å². The second-order valence-corrected chi connectivity index (χ2v) is 3.88. The molecule has 17 heavy (non-hydrogen) atoms.